The van der Waals surface area contributed by atoms with Gasteiger partial charge in [-0.15, -0.1) is 0 Å². The molecular formula is C21H42O5. The summed E-state index contributed by atoms with van der Waals surface area (Å²) < 4.78 is 9.88. The van der Waals surface area contributed by atoms with E-state index >= 15 is 0 Å². The van der Waals surface area contributed by atoms with Gasteiger partial charge in [0.2, 0.25) is 0 Å². The Kier molecular flexibility index (Phi) is 25.2. The summed E-state index contributed by atoms with van der Waals surface area (Å²) in [5.74, 6) is -0.362. The summed E-state index contributed by atoms with van der Waals surface area (Å²) >= 11 is 0. The molecule has 0 heterocycles. The predicted molar refractivity (Wildman–Crippen MR) is 107 cm³/mol. The third kappa shape index (κ3) is 30.9. The van der Waals surface area contributed by atoms with Crippen molar-refractivity contribution in [1.82, 2.24) is 0 Å². The number of carboxylic acid groups (broad SMARTS) is 1. The first-order valence-electron chi connectivity index (χ1n) is 10.2. The van der Waals surface area contributed by atoms with E-state index in [1.807, 2.05) is 0 Å². The van der Waals surface area contributed by atoms with Crippen LogP contribution in [0.3, 0.4) is 0 Å². The van der Waals surface area contributed by atoms with Crippen LogP contribution in [0.4, 0.5) is 0 Å². The van der Waals surface area contributed by atoms with Gasteiger partial charge in [0.1, 0.15) is 5.78 Å². The fourth-order valence-electron chi connectivity index (χ4n) is 2.56. The van der Waals surface area contributed by atoms with Crippen molar-refractivity contribution < 1.29 is 24.2 Å². The molecule has 0 radical (unpaired) electrons. The minimum atomic E-state index is -0.681. The molecule has 0 aromatic rings. The van der Waals surface area contributed by atoms with E-state index in [1.54, 1.807) is 21.1 Å². The molecule has 0 atom stereocenters. The van der Waals surface area contributed by atoms with Crippen molar-refractivity contribution >= 4 is 11.8 Å². The SMILES string of the molecule is COCCCCCCCCC(=O)O.COCCCCCCCCC(C)=O. The first kappa shape index (κ1) is 27.3. The second kappa shape index (κ2) is 24.1. The molecular weight excluding hydrogens is 332 g/mol. The normalized spacial score (nSPS) is 10.3. The number of carbonyl (C=O) groups excluding carboxylic acids is 1. The smallest absolute Gasteiger partial charge is 0.303 e. The fourth-order valence-corrected chi connectivity index (χ4v) is 2.56. The minimum Gasteiger partial charge on any atom is -0.481 e. The van der Waals surface area contributed by atoms with Gasteiger partial charge in [0.25, 0.3) is 0 Å². The molecule has 0 aromatic carbocycles. The van der Waals surface area contributed by atoms with Gasteiger partial charge in [-0.05, 0) is 32.6 Å². The van der Waals surface area contributed by atoms with Crippen molar-refractivity contribution in [3.63, 3.8) is 0 Å². The molecule has 26 heavy (non-hydrogen) atoms. The summed E-state index contributed by atoms with van der Waals surface area (Å²) in [6.45, 7) is 3.39. The quantitative estimate of drug-likeness (QED) is 0.325. The van der Waals surface area contributed by atoms with E-state index in [9.17, 15) is 9.59 Å². The number of carboxylic acids is 1. The lowest BCUT2D eigenvalue weighted by atomic mass is 10.1. The monoisotopic (exact) mass is 374 g/mol. The minimum absolute atomic E-state index is 0.318. The van der Waals surface area contributed by atoms with E-state index in [0.717, 1.165) is 51.7 Å². The van der Waals surface area contributed by atoms with Crippen molar-refractivity contribution in [3.8, 4) is 0 Å². The molecule has 156 valence electrons. The molecule has 0 spiro atoms. The van der Waals surface area contributed by atoms with Crippen molar-refractivity contribution in [2.75, 3.05) is 27.4 Å². The van der Waals surface area contributed by atoms with Crippen molar-refractivity contribution in [1.29, 1.82) is 0 Å². The Bertz CT molecular complexity index is 275. The molecule has 0 saturated heterocycles. The van der Waals surface area contributed by atoms with E-state index in [4.69, 9.17) is 14.6 Å². The largest absolute Gasteiger partial charge is 0.481 e. The summed E-state index contributed by atoms with van der Waals surface area (Å²) in [5.41, 5.74) is 0. The van der Waals surface area contributed by atoms with E-state index in [1.165, 1.54) is 44.9 Å². The second-order valence-corrected chi connectivity index (χ2v) is 6.82. The number of methoxy groups -OCH3 is 2. The van der Waals surface area contributed by atoms with E-state index in [-0.39, 0.29) is 0 Å². The molecule has 0 aliphatic rings. The summed E-state index contributed by atoms with van der Waals surface area (Å²) in [4.78, 5) is 20.8. The molecule has 5 nitrogen and oxygen atoms in total. The molecule has 0 fully saturated rings. The Morgan fingerprint density at radius 1 is 0.615 bits per heavy atom. The van der Waals surface area contributed by atoms with Gasteiger partial charge in [0.15, 0.2) is 0 Å². The molecule has 0 aliphatic carbocycles. The molecule has 5 heteroatoms. The number of unbranched alkanes of at least 4 members (excludes halogenated alkanes) is 10. The zero-order valence-corrected chi connectivity index (χ0v) is 17.4. The lowest BCUT2D eigenvalue weighted by Gasteiger charge is -2.00. The van der Waals surface area contributed by atoms with Crippen molar-refractivity contribution in [3.05, 3.63) is 0 Å². The zero-order valence-electron chi connectivity index (χ0n) is 17.4. The Morgan fingerprint density at radius 3 is 1.31 bits per heavy atom. The third-order valence-corrected chi connectivity index (χ3v) is 4.12. The molecule has 0 aliphatic heterocycles. The summed E-state index contributed by atoms with van der Waals surface area (Å²) in [6.07, 6.45) is 14.8. The summed E-state index contributed by atoms with van der Waals surface area (Å²) in [5, 5.41) is 8.37. The average molecular weight is 375 g/mol. The highest BCUT2D eigenvalue weighted by Crippen LogP contribution is 2.08. The van der Waals surface area contributed by atoms with E-state index < -0.39 is 5.97 Å². The molecule has 0 amide bonds. The molecule has 1 N–H and O–H groups in total. The lowest BCUT2D eigenvalue weighted by Crippen LogP contribution is -1.93. The average Bonchev–Trinajstić information content (AvgIpc) is 2.60. The number of ether oxygens (including phenoxy) is 2. The highest BCUT2D eigenvalue weighted by atomic mass is 16.5. The summed E-state index contributed by atoms with van der Waals surface area (Å²) in [7, 11) is 3.46. The number of ketones is 1. The molecule has 0 rings (SSSR count). The number of Topliss-reactive ketones (excluding diaryl/α,β-unsaturated/α-hetero) is 1. The predicted octanol–water partition coefficient (Wildman–Crippen LogP) is 5.40. The van der Waals surface area contributed by atoms with Gasteiger partial charge in [0, 0.05) is 40.3 Å². The van der Waals surface area contributed by atoms with Crippen LogP contribution in [0.1, 0.15) is 96.8 Å². The first-order valence-corrected chi connectivity index (χ1v) is 10.2. The lowest BCUT2D eigenvalue weighted by molar-refractivity contribution is -0.137. The molecule has 0 saturated carbocycles. The van der Waals surface area contributed by atoms with Gasteiger partial charge >= 0.3 is 5.97 Å². The molecule has 0 bridgehead atoms. The Hall–Kier alpha value is -0.940. The van der Waals surface area contributed by atoms with Gasteiger partial charge in [-0.3, -0.25) is 4.79 Å². The second-order valence-electron chi connectivity index (χ2n) is 6.82. The van der Waals surface area contributed by atoms with Crippen LogP contribution in [0.15, 0.2) is 0 Å². The van der Waals surface area contributed by atoms with Crippen molar-refractivity contribution in [2.45, 2.75) is 96.8 Å². The number of hydrogen-bond acceptors (Lipinski definition) is 4. The van der Waals surface area contributed by atoms with Crippen molar-refractivity contribution in [2.24, 2.45) is 0 Å². The maximum atomic E-state index is 10.6. The Morgan fingerprint density at radius 2 is 0.962 bits per heavy atom. The highest BCUT2D eigenvalue weighted by Gasteiger charge is 1.96. The van der Waals surface area contributed by atoms with Crippen LogP contribution in [-0.4, -0.2) is 44.3 Å². The van der Waals surface area contributed by atoms with Gasteiger partial charge in [-0.1, -0.05) is 51.4 Å². The molecule has 0 unspecified atom stereocenters. The van der Waals surface area contributed by atoms with Gasteiger partial charge in [-0.2, -0.15) is 0 Å². The number of rotatable bonds is 18. The first-order chi connectivity index (χ1) is 12.5. The number of hydrogen-bond donors (Lipinski definition) is 1. The van der Waals surface area contributed by atoms with E-state index in [0.29, 0.717) is 12.2 Å². The maximum absolute atomic E-state index is 10.6. The van der Waals surface area contributed by atoms with Gasteiger partial charge in [-0.25, -0.2) is 0 Å². The van der Waals surface area contributed by atoms with Crippen LogP contribution < -0.4 is 0 Å². The van der Waals surface area contributed by atoms with Crippen LogP contribution in [0.5, 0.6) is 0 Å². The maximum Gasteiger partial charge on any atom is 0.303 e. The fraction of sp³-hybridized carbons (Fsp3) is 0.905. The standard InChI is InChI=1S/C11H22O2.C10H20O3/c1-11(12)9-7-5-3-4-6-8-10-13-2;1-13-9-7-5-3-2-4-6-8-10(11)12/h3-10H2,1-2H3;2-9H2,1H3,(H,11,12). The zero-order chi connectivity index (χ0) is 19.9. The van der Waals surface area contributed by atoms with Crippen LogP contribution in [0, 0.1) is 0 Å². The van der Waals surface area contributed by atoms with Crippen LogP contribution in [0.25, 0.3) is 0 Å². The van der Waals surface area contributed by atoms with E-state index in [2.05, 4.69) is 0 Å². The number of aliphatic carboxylic acids is 1. The molecule has 0 aromatic heterocycles. The highest BCUT2D eigenvalue weighted by molar-refractivity contribution is 5.75. The third-order valence-electron chi connectivity index (χ3n) is 4.12. The van der Waals surface area contributed by atoms with Gasteiger partial charge < -0.3 is 19.4 Å². The number of carbonyl (C=O) groups is 2. The summed E-state index contributed by atoms with van der Waals surface area (Å²) in [6, 6.07) is 0. The topological polar surface area (TPSA) is 72.8 Å². The van der Waals surface area contributed by atoms with Crippen LogP contribution in [-0.2, 0) is 19.1 Å². The Balaban J connectivity index is 0. The van der Waals surface area contributed by atoms with Gasteiger partial charge in [0.05, 0.1) is 0 Å². The Labute approximate surface area is 160 Å². The van der Waals surface area contributed by atoms with Crippen LogP contribution in [0.2, 0.25) is 0 Å². The van der Waals surface area contributed by atoms with Crippen LogP contribution >= 0.6 is 0 Å².